The molecular weight excluding hydrogens is 395 g/mol. The van der Waals surface area contributed by atoms with Gasteiger partial charge in [0.2, 0.25) is 5.91 Å². The van der Waals surface area contributed by atoms with Gasteiger partial charge >= 0.3 is 0 Å². The number of likely N-dealkylation sites (tertiary alicyclic amines) is 1. The molecule has 2 aromatic rings. The van der Waals surface area contributed by atoms with E-state index < -0.39 is 5.54 Å². The molecule has 0 radical (unpaired) electrons. The van der Waals surface area contributed by atoms with Crippen LogP contribution in [0.1, 0.15) is 42.7 Å². The SMILES string of the molecule is O=C1CC[C@H](c2cccc(Cl)c2)C2(C(=O)Nc3cc(Cl)ccc32)N1CC1CC1. The van der Waals surface area contributed by atoms with Crippen molar-refractivity contribution in [3.63, 3.8) is 0 Å². The molecule has 1 saturated carbocycles. The maximum absolute atomic E-state index is 13.6. The Morgan fingerprint density at radius 2 is 1.82 bits per heavy atom. The Hall–Kier alpha value is -2.04. The van der Waals surface area contributed by atoms with Crippen molar-refractivity contribution in [2.45, 2.75) is 37.1 Å². The minimum atomic E-state index is -1.05. The fourth-order valence-corrected chi connectivity index (χ4v) is 5.21. The van der Waals surface area contributed by atoms with Gasteiger partial charge in [0.05, 0.1) is 0 Å². The highest BCUT2D eigenvalue weighted by Crippen LogP contribution is 2.55. The van der Waals surface area contributed by atoms with Crippen LogP contribution in [0, 0.1) is 5.92 Å². The Kier molecular flexibility index (Phi) is 4.18. The standard InChI is InChI=1S/C22H20Cl2N2O2/c23-15-3-1-2-14(10-15)17-8-9-20(27)26(12-13-4-5-13)22(17)18-7-6-16(24)11-19(18)25-21(22)28/h1-3,6-7,10-11,13,17H,4-5,8-9,12H2,(H,25,28)/t17-,22?/m1/s1. The lowest BCUT2D eigenvalue weighted by molar-refractivity contribution is -0.152. The number of fused-ring (bicyclic) bond motifs is 2. The molecule has 2 heterocycles. The molecule has 1 unspecified atom stereocenters. The van der Waals surface area contributed by atoms with E-state index in [9.17, 15) is 9.59 Å². The number of hydrogen-bond donors (Lipinski definition) is 1. The third-order valence-corrected chi connectivity index (χ3v) is 6.72. The molecule has 1 saturated heterocycles. The molecule has 2 aliphatic heterocycles. The van der Waals surface area contributed by atoms with Gasteiger partial charge in [0, 0.05) is 40.2 Å². The second-order valence-electron chi connectivity index (χ2n) is 8.00. The van der Waals surface area contributed by atoms with E-state index in [-0.39, 0.29) is 17.7 Å². The van der Waals surface area contributed by atoms with Gasteiger partial charge in [-0.05, 0) is 55.0 Å². The van der Waals surface area contributed by atoms with Gasteiger partial charge in [-0.1, -0.05) is 41.4 Å². The minimum Gasteiger partial charge on any atom is -0.323 e. The van der Waals surface area contributed by atoms with Crippen molar-refractivity contribution in [3.8, 4) is 0 Å². The molecule has 3 aliphatic rings. The Bertz CT molecular complexity index is 988. The van der Waals surface area contributed by atoms with Crippen LogP contribution in [-0.4, -0.2) is 23.3 Å². The normalized spacial score (nSPS) is 26.5. The van der Waals surface area contributed by atoms with Crippen LogP contribution in [0.25, 0.3) is 0 Å². The number of rotatable bonds is 3. The molecular formula is C22H20Cl2N2O2. The number of carbonyl (C=O) groups is 2. The largest absolute Gasteiger partial charge is 0.323 e. The molecule has 4 nitrogen and oxygen atoms in total. The predicted molar refractivity (Wildman–Crippen MR) is 110 cm³/mol. The number of nitrogens with zero attached hydrogens (tertiary/aromatic N) is 1. The van der Waals surface area contributed by atoms with Crippen LogP contribution >= 0.6 is 23.2 Å². The third-order valence-electron chi connectivity index (χ3n) is 6.25. The topological polar surface area (TPSA) is 49.4 Å². The highest BCUT2D eigenvalue weighted by Gasteiger charge is 2.60. The first-order valence-corrected chi connectivity index (χ1v) is 10.4. The summed E-state index contributed by atoms with van der Waals surface area (Å²) in [5.74, 6) is 0.208. The molecule has 2 amide bonds. The van der Waals surface area contributed by atoms with E-state index in [1.165, 1.54) is 0 Å². The summed E-state index contributed by atoms with van der Waals surface area (Å²) in [6.45, 7) is 0.616. The lowest BCUT2D eigenvalue weighted by Gasteiger charge is -2.48. The summed E-state index contributed by atoms with van der Waals surface area (Å²) in [5.41, 5.74) is 1.46. The third kappa shape index (κ3) is 2.66. The summed E-state index contributed by atoms with van der Waals surface area (Å²) in [4.78, 5) is 28.5. The molecule has 2 aromatic carbocycles. The number of nitrogens with one attached hydrogen (secondary N) is 1. The van der Waals surface area contributed by atoms with Crippen LogP contribution in [-0.2, 0) is 15.1 Å². The van der Waals surface area contributed by atoms with Crippen molar-refractivity contribution < 1.29 is 9.59 Å². The van der Waals surface area contributed by atoms with Crippen molar-refractivity contribution in [2.75, 3.05) is 11.9 Å². The molecule has 144 valence electrons. The second-order valence-corrected chi connectivity index (χ2v) is 8.88. The second kappa shape index (κ2) is 6.50. The van der Waals surface area contributed by atoms with E-state index in [4.69, 9.17) is 23.2 Å². The highest BCUT2D eigenvalue weighted by atomic mass is 35.5. The van der Waals surface area contributed by atoms with Crippen molar-refractivity contribution in [1.82, 2.24) is 4.90 Å². The molecule has 28 heavy (non-hydrogen) atoms. The van der Waals surface area contributed by atoms with Crippen molar-refractivity contribution in [3.05, 3.63) is 63.6 Å². The average molecular weight is 415 g/mol. The zero-order valence-electron chi connectivity index (χ0n) is 15.3. The minimum absolute atomic E-state index is 0.0446. The first kappa shape index (κ1) is 18.0. The van der Waals surface area contributed by atoms with Crippen molar-refractivity contribution >= 4 is 40.7 Å². The Morgan fingerprint density at radius 3 is 2.57 bits per heavy atom. The van der Waals surface area contributed by atoms with Gasteiger partial charge in [0.15, 0.2) is 5.54 Å². The maximum Gasteiger partial charge on any atom is 0.255 e. The molecule has 1 aliphatic carbocycles. The van der Waals surface area contributed by atoms with Gasteiger partial charge < -0.3 is 10.2 Å². The van der Waals surface area contributed by atoms with E-state index in [2.05, 4.69) is 5.32 Å². The monoisotopic (exact) mass is 414 g/mol. The summed E-state index contributed by atoms with van der Waals surface area (Å²) >= 11 is 12.5. The summed E-state index contributed by atoms with van der Waals surface area (Å²) in [6.07, 6.45) is 3.26. The van der Waals surface area contributed by atoms with E-state index in [0.29, 0.717) is 41.0 Å². The van der Waals surface area contributed by atoms with E-state index in [1.54, 1.807) is 12.1 Å². The molecule has 5 rings (SSSR count). The van der Waals surface area contributed by atoms with Gasteiger partial charge in [-0.25, -0.2) is 0 Å². The Morgan fingerprint density at radius 1 is 1.04 bits per heavy atom. The van der Waals surface area contributed by atoms with Gasteiger partial charge in [0.1, 0.15) is 0 Å². The van der Waals surface area contributed by atoms with E-state index >= 15 is 0 Å². The summed E-state index contributed by atoms with van der Waals surface area (Å²) < 4.78 is 0. The molecule has 0 aromatic heterocycles. The lowest BCUT2D eigenvalue weighted by atomic mass is 9.69. The molecule has 1 spiro atoms. The van der Waals surface area contributed by atoms with Crippen LogP contribution in [0.4, 0.5) is 5.69 Å². The van der Waals surface area contributed by atoms with Crippen LogP contribution in [0.5, 0.6) is 0 Å². The lowest BCUT2D eigenvalue weighted by Crippen LogP contribution is -2.60. The van der Waals surface area contributed by atoms with Crippen LogP contribution in [0.15, 0.2) is 42.5 Å². The van der Waals surface area contributed by atoms with Gasteiger partial charge in [-0.15, -0.1) is 0 Å². The number of halogens is 2. The molecule has 1 N–H and O–H groups in total. The van der Waals surface area contributed by atoms with Crippen LogP contribution in [0.3, 0.4) is 0 Å². The van der Waals surface area contributed by atoms with E-state index in [1.807, 2.05) is 35.2 Å². The molecule has 2 fully saturated rings. The number of anilines is 1. The van der Waals surface area contributed by atoms with Crippen molar-refractivity contribution in [2.24, 2.45) is 5.92 Å². The predicted octanol–water partition coefficient (Wildman–Crippen LogP) is 4.96. The average Bonchev–Trinajstić information content (AvgIpc) is 3.43. The fourth-order valence-electron chi connectivity index (χ4n) is 4.84. The molecule has 2 atom stereocenters. The summed E-state index contributed by atoms with van der Waals surface area (Å²) in [7, 11) is 0. The van der Waals surface area contributed by atoms with Crippen LogP contribution in [0.2, 0.25) is 10.0 Å². The quantitative estimate of drug-likeness (QED) is 0.771. The smallest absolute Gasteiger partial charge is 0.255 e. The zero-order valence-corrected chi connectivity index (χ0v) is 16.8. The first-order valence-electron chi connectivity index (χ1n) is 9.67. The number of hydrogen-bond acceptors (Lipinski definition) is 2. The Labute approximate surface area is 173 Å². The first-order chi connectivity index (χ1) is 13.5. The molecule has 6 heteroatoms. The number of amides is 2. The Balaban J connectivity index is 1.73. The van der Waals surface area contributed by atoms with Crippen LogP contribution < -0.4 is 5.32 Å². The summed E-state index contributed by atoms with van der Waals surface area (Å²) in [5, 5.41) is 4.20. The zero-order chi connectivity index (χ0) is 19.5. The van der Waals surface area contributed by atoms with Gasteiger partial charge in [-0.2, -0.15) is 0 Å². The highest BCUT2D eigenvalue weighted by molar-refractivity contribution is 6.31. The number of piperidine rings is 1. The van der Waals surface area contributed by atoms with Crippen molar-refractivity contribution in [1.29, 1.82) is 0 Å². The van der Waals surface area contributed by atoms with E-state index in [0.717, 1.165) is 24.0 Å². The number of benzene rings is 2. The number of carbonyl (C=O) groups excluding carboxylic acids is 2. The maximum atomic E-state index is 13.6. The van der Waals surface area contributed by atoms with Gasteiger partial charge in [-0.3, -0.25) is 9.59 Å². The molecule has 0 bridgehead atoms. The summed E-state index contributed by atoms with van der Waals surface area (Å²) in [6, 6.07) is 13.1. The fraction of sp³-hybridized carbons (Fsp3) is 0.364. The van der Waals surface area contributed by atoms with Gasteiger partial charge in [0.25, 0.3) is 5.91 Å².